The number of fused-ring (bicyclic) bond motifs is 1. The minimum absolute atomic E-state index is 0.0694. The van der Waals surface area contributed by atoms with E-state index in [1.807, 2.05) is 35.0 Å². The van der Waals surface area contributed by atoms with Crippen molar-refractivity contribution >= 4 is 29.0 Å². The van der Waals surface area contributed by atoms with Gasteiger partial charge in [0.25, 0.3) is 5.91 Å². The zero-order valence-corrected chi connectivity index (χ0v) is 19.7. The van der Waals surface area contributed by atoms with Gasteiger partial charge in [-0.3, -0.25) is 4.79 Å². The monoisotopic (exact) mass is 515 g/mol. The van der Waals surface area contributed by atoms with E-state index in [4.69, 9.17) is 16.3 Å². The Morgan fingerprint density at radius 1 is 1.06 bits per heavy atom. The number of ether oxygens (including phenoxy) is 1. The third-order valence-corrected chi connectivity index (χ3v) is 6.18. The maximum absolute atomic E-state index is 13.1. The first kappa shape index (κ1) is 23.9. The average Bonchev–Trinajstić information content (AvgIpc) is 3.30. The molecule has 11 heteroatoms. The highest BCUT2D eigenvalue weighted by Crippen LogP contribution is 2.33. The number of halogens is 4. The molecule has 4 heterocycles. The highest BCUT2D eigenvalue weighted by molar-refractivity contribution is 6.33. The van der Waals surface area contributed by atoms with Crippen LogP contribution in [-0.4, -0.2) is 51.4 Å². The van der Waals surface area contributed by atoms with Crippen molar-refractivity contribution < 1.29 is 22.7 Å². The van der Waals surface area contributed by atoms with Crippen LogP contribution in [-0.2, 0) is 12.8 Å². The quantitative estimate of drug-likeness (QED) is 0.377. The van der Waals surface area contributed by atoms with Gasteiger partial charge >= 0.3 is 6.18 Å². The molecule has 1 amide bonds. The minimum atomic E-state index is -4.51. The summed E-state index contributed by atoms with van der Waals surface area (Å²) in [7, 11) is 0. The molecule has 0 spiro atoms. The van der Waals surface area contributed by atoms with Crippen molar-refractivity contribution in [1.82, 2.24) is 19.3 Å². The third-order valence-electron chi connectivity index (χ3n) is 5.90. The molecule has 186 valence electrons. The molecule has 3 aromatic heterocycles. The number of imidazole rings is 1. The van der Waals surface area contributed by atoms with Crippen molar-refractivity contribution in [3.63, 3.8) is 0 Å². The summed E-state index contributed by atoms with van der Waals surface area (Å²) in [6, 6.07) is 13.6. The number of carbonyl (C=O) groups is 1. The van der Waals surface area contributed by atoms with Crippen LogP contribution in [0.3, 0.4) is 0 Å². The molecule has 5 rings (SSSR count). The van der Waals surface area contributed by atoms with Crippen LogP contribution in [0.5, 0.6) is 5.75 Å². The van der Waals surface area contributed by atoms with Gasteiger partial charge in [0.05, 0.1) is 16.3 Å². The number of hydrogen-bond donors (Lipinski definition) is 0. The normalized spacial score (nSPS) is 14.3. The molecule has 0 atom stereocenters. The van der Waals surface area contributed by atoms with E-state index < -0.39 is 11.7 Å². The van der Waals surface area contributed by atoms with Gasteiger partial charge in [-0.25, -0.2) is 9.97 Å². The van der Waals surface area contributed by atoms with Crippen LogP contribution >= 0.6 is 11.6 Å². The number of alkyl halides is 3. The SMILES string of the molecule is O=C(c1cccc(OCc2cn3ccccc3n2)c1)N1CCN(c2ncc(C(F)(F)F)cc2Cl)CC1. The molecule has 1 saturated heterocycles. The zero-order chi connectivity index (χ0) is 25.3. The molecule has 0 unspecified atom stereocenters. The highest BCUT2D eigenvalue weighted by Gasteiger charge is 2.32. The van der Waals surface area contributed by atoms with Crippen molar-refractivity contribution in [3.8, 4) is 5.75 Å². The van der Waals surface area contributed by atoms with E-state index in [9.17, 15) is 18.0 Å². The summed E-state index contributed by atoms with van der Waals surface area (Å²) in [5, 5.41) is -0.0694. The second-order valence-corrected chi connectivity index (χ2v) is 8.73. The number of carbonyl (C=O) groups excluding carboxylic acids is 1. The molecule has 4 aromatic rings. The van der Waals surface area contributed by atoms with Gasteiger partial charge in [-0.1, -0.05) is 23.7 Å². The maximum Gasteiger partial charge on any atom is 0.417 e. The van der Waals surface area contributed by atoms with Gasteiger partial charge in [-0.15, -0.1) is 0 Å². The fourth-order valence-electron chi connectivity index (χ4n) is 4.06. The minimum Gasteiger partial charge on any atom is -0.487 e. The topological polar surface area (TPSA) is 63.0 Å². The van der Waals surface area contributed by atoms with Gasteiger partial charge in [0.1, 0.15) is 23.8 Å². The lowest BCUT2D eigenvalue weighted by Gasteiger charge is -2.36. The Kier molecular flexibility index (Phi) is 6.44. The van der Waals surface area contributed by atoms with E-state index in [2.05, 4.69) is 9.97 Å². The molecule has 36 heavy (non-hydrogen) atoms. The summed E-state index contributed by atoms with van der Waals surface area (Å²) in [6.07, 6.45) is 0.0653. The van der Waals surface area contributed by atoms with E-state index in [0.29, 0.717) is 37.5 Å². The molecule has 1 fully saturated rings. The van der Waals surface area contributed by atoms with Crippen molar-refractivity contribution in [2.75, 3.05) is 31.1 Å². The Labute approximate surface area is 209 Å². The van der Waals surface area contributed by atoms with Crippen LogP contribution in [0, 0.1) is 0 Å². The Hall–Kier alpha value is -3.79. The lowest BCUT2D eigenvalue weighted by atomic mass is 10.1. The number of anilines is 1. The Bertz CT molecular complexity index is 1370. The van der Waals surface area contributed by atoms with Crippen molar-refractivity contribution in [2.45, 2.75) is 12.8 Å². The average molecular weight is 516 g/mol. The molecule has 0 radical (unpaired) electrons. The van der Waals surface area contributed by atoms with Gasteiger partial charge in [0, 0.05) is 50.3 Å². The van der Waals surface area contributed by atoms with Crippen LogP contribution in [0.2, 0.25) is 5.02 Å². The number of rotatable bonds is 5. The van der Waals surface area contributed by atoms with Gasteiger partial charge in [0.2, 0.25) is 0 Å². The predicted molar refractivity (Wildman–Crippen MR) is 128 cm³/mol. The molecule has 7 nitrogen and oxygen atoms in total. The number of pyridine rings is 2. The van der Waals surface area contributed by atoms with E-state index in [0.717, 1.165) is 23.6 Å². The smallest absolute Gasteiger partial charge is 0.417 e. The second-order valence-electron chi connectivity index (χ2n) is 8.32. The van der Waals surface area contributed by atoms with Crippen LogP contribution in [0.4, 0.5) is 19.0 Å². The molecule has 0 bridgehead atoms. The summed E-state index contributed by atoms with van der Waals surface area (Å²) in [5.74, 6) is 0.677. The Morgan fingerprint density at radius 3 is 2.58 bits per heavy atom. The molecule has 1 aromatic carbocycles. The lowest BCUT2D eigenvalue weighted by molar-refractivity contribution is -0.137. The summed E-state index contributed by atoms with van der Waals surface area (Å²) in [5.41, 5.74) is 1.19. The zero-order valence-electron chi connectivity index (χ0n) is 19.0. The van der Waals surface area contributed by atoms with Crippen molar-refractivity contribution in [2.24, 2.45) is 0 Å². The highest BCUT2D eigenvalue weighted by atomic mass is 35.5. The van der Waals surface area contributed by atoms with Crippen LogP contribution in [0.25, 0.3) is 5.65 Å². The fraction of sp³-hybridized carbons (Fsp3) is 0.240. The first-order valence-corrected chi connectivity index (χ1v) is 11.6. The molecule has 0 N–H and O–H groups in total. The first-order valence-electron chi connectivity index (χ1n) is 11.2. The van der Waals surface area contributed by atoms with Crippen molar-refractivity contribution in [3.05, 3.63) is 89.0 Å². The number of nitrogens with zero attached hydrogens (tertiary/aromatic N) is 5. The maximum atomic E-state index is 13.1. The van der Waals surface area contributed by atoms with E-state index >= 15 is 0 Å². The van der Waals surface area contributed by atoms with Gasteiger partial charge < -0.3 is 18.9 Å². The molecule has 1 aliphatic heterocycles. The molecular weight excluding hydrogens is 495 g/mol. The molecule has 0 aliphatic carbocycles. The van der Waals surface area contributed by atoms with E-state index in [-0.39, 0.29) is 23.4 Å². The summed E-state index contributed by atoms with van der Waals surface area (Å²) < 4.78 is 46.4. The van der Waals surface area contributed by atoms with Gasteiger partial charge in [-0.2, -0.15) is 13.2 Å². The van der Waals surface area contributed by atoms with Crippen LogP contribution < -0.4 is 9.64 Å². The summed E-state index contributed by atoms with van der Waals surface area (Å²) in [6.45, 7) is 1.81. The number of benzene rings is 1. The van der Waals surface area contributed by atoms with E-state index in [1.54, 1.807) is 34.1 Å². The predicted octanol–water partition coefficient (Wildman–Crippen LogP) is 4.94. The van der Waals surface area contributed by atoms with Gasteiger partial charge in [0.15, 0.2) is 0 Å². The van der Waals surface area contributed by atoms with Crippen molar-refractivity contribution in [1.29, 1.82) is 0 Å². The van der Waals surface area contributed by atoms with E-state index in [1.165, 1.54) is 0 Å². The van der Waals surface area contributed by atoms with Crippen LogP contribution in [0.1, 0.15) is 21.6 Å². The number of hydrogen-bond acceptors (Lipinski definition) is 5. The standard InChI is InChI=1S/C25H21ClF3N5O2/c26-21-13-18(25(27,28)29)14-30-23(21)32-8-10-33(11-9-32)24(35)17-4-3-5-20(12-17)36-16-19-15-34-7-2-1-6-22(34)31-19/h1-7,12-15H,8-11,16H2. The second kappa shape index (κ2) is 9.69. The summed E-state index contributed by atoms with van der Waals surface area (Å²) >= 11 is 6.07. The number of piperazine rings is 1. The van der Waals surface area contributed by atoms with Gasteiger partial charge in [-0.05, 0) is 36.4 Å². The number of amides is 1. The first-order chi connectivity index (χ1) is 17.3. The third kappa shape index (κ3) is 5.08. The number of aromatic nitrogens is 3. The van der Waals surface area contributed by atoms with Crippen LogP contribution in [0.15, 0.2) is 67.1 Å². The molecule has 0 saturated carbocycles. The Balaban J connectivity index is 1.20. The summed E-state index contributed by atoms with van der Waals surface area (Å²) in [4.78, 5) is 25.0. The Morgan fingerprint density at radius 2 is 1.86 bits per heavy atom. The molecule has 1 aliphatic rings. The fourth-order valence-corrected chi connectivity index (χ4v) is 4.34. The molecular formula is C25H21ClF3N5O2. The largest absolute Gasteiger partial charge is 0.487 e. The lowest BCUT2D eigenvalue weighted by Crippen LogP contribution is -2.49.